The van der Waals surface area contributed by atoms with Gasteiger partial charge in [0.2, 0.25) is 0 Å². The molecule has 0 aliphatic heterocycles. The van der Waals surface area contributed by atoms with Crippen molar-refractivity contribution < 1.29 is 0 Å². The Kier molecular flexibility index (Phi) is 6.00. The van der Waals surface area contributed by atoms with Gasteiger partial charge in [0.15, 0.2) is 10.9 Å². The summed E-state index contributed by atoms with van der Waals surface area (Å²) in [4.78, 5) is 9.80. The van der Waals surface area contributed by atoms with E-state index >= 15 is 0 Å². The van der Waals surface area contributed by atoms with Gasteiger partial charge in [-0.25, -0.2) is 9.98 Å². The molecule has 2 heterocycles. The number of fused-ring (bicyclic) bond motifs is 1. The molecule has 0 unspecified atom stereocenters. The lowest BCUT2D eigenvalue weighted by Crippen LogP contribution is -2.22. The summed E-state index contributed by atoms with van der Waals surface area (Å²) in [5, 5.41) is 5.14. The van der Waals surface area contributed by atoms with Crippen molar-refractivity contribution in [2.75, 3.05) is 5.32 Å². The third-order valence-corrected chi connectivity index (χ3v) is 4.15. The SMILES string of the molecule is CC(C)c1cccc(NC(N)=NCc2cn3ccsc3n2)c1.I. The molecule has 0 aliphatic carbocycles. The zero-order valence-corrected chi connectivity index (χ0v) is 16.2. The normalized spacial score (nSPS) is 11.7. The molecule has 0 saturated carbocycles. The number of nitrogens with zero attached hydrogens (tertiary/aromatic N) is 3. The Morgan fingerprint density at radius 3 is 3.00 bits per heavy atom. The summed E-state index contributed by atoms with van der Waals surface area (Å²) in [5.74, 6) is 0.885. The minimum absolute atomic E-state index is 0. The molecule has 23 heavy (non-hydrogen) atoms. The van der Waals surface area contributed by atoms with Gasteiger partial charge in [-0.05, 0) is 23.6 Å². The fourth-order valence-electron chi connectivity index (χ4n) is 2.18. The molecular weight excluding hydrogens is 421 g/mol. The van der Waals surface area contributed by atoms with Crippen molar-refractivity contribution >= 4 is 51.9 Å². The van der Waals surface area contributed by atoms with E-state index < -0.39 is 0 Å². The maximum Gasteiger partial charge on any atom is 0.193 e. The number of hydrogen-bond donors (Lipinski definition) is 2. The van der Waals surface area contributed by atoms with Crippen LogP contribution in [-0.2, 0) is 6.54 Å². The molecule has 0 aliphatic rings. The van der Waals surface area contributed by atoms with Crippen molar-refractivity contribution in [3.8, 4) is 0 Å². The number of imidazole rings is 1. The van der Waals surface area contributed by atoms with Crippen LogP contribution in [0.5, 0.6) is 0 Å². The average molecular weight is 441 g/mol. The second-order valence-electron chi connectivity index (χ2n) is 5.43. The van der Waals surface area contributed by atoms with E-state index in [0.29, 0.717) is 18.4 Å². The van der Waals surface area contributed by atoms with Crippen LogP contribution in [0, 0.1) is 0 Å². The van der Waals surface area contributed by atoms with Crippen molar-refractivity contribution in [1.29, 1.82) is 0 Å². The third kappa shape index (κ3) is 4.44. The monoisotopic (exact) mass is 441 g/mol. The number of nitrogens with two attached hydrogens (primary N) is 1. The highest BCUT2D eigenvalue weighted by Gasteiger charge is 2.03. The fourth-order valence-corrected chi connectivity index (χ4v) is 2.90. The number of aliphatic imine (C=N–C) groups is 1. The number of guanidine groups is 1. The number of hydrogen-bond acceptors (Lipinski definition) is 3. The number of rotatable bonds is 4. The largest absolute Gasteiger partial charge is 0.370 e. The van der Waals surface area contributed by atoms with E-state index in [0.717, 1.165) is 16.3 Å². The first kappa shape index (κ1) is 17.7. The van der Waals surface area contributed by atoms with Crippen LogP contribution in [0.1, 0.15) is 31.0 Å². The topological polar surface area (TPSA) is 67.7 Å². The summed E-state index contributed by atoms with van der Waals surface area (Å²) in [6.07, 6.45) is 3.96. The summed E-state index contributed by atoms with van der Waals surface area (Å²) in [6, 6.07) is 8.22. The van der Waals surface area contributed by atoms with Crippen LogP contribution >= 0.6 is 35.3 Å². The summed E-state index contributed by atoms with van der Waals surface area (Å²) in [5.41, 5.74) is 9.09. The maximum absolute atomic E-state index is 5.96. The minimum Gasteiger partial charge on any atom is -0.370 e. The highest BCUT2D eigenvalue weighted by Crippen LogP contribution is 2.18. The molecule has 0 radical (unpaired) electrons. The molecule has 0 bridgehead atoms. The Morgan fingerprint density at radius 2 is 2.26 bits per heavy atom. The van der Waals surface area contributed by atoms with E-state index in [9.17, 15) is 0 Å². The number of halogens is 1. The zero-order valence-electron chi connectivity index (χ0n) is 13.1. The molecule has 7 heteroatoms. The minimum atomic E-state index is 0. The van der Waals surface area contributed by atoms with Crippen LogP contribution in [0.15, 0.2) is 47.0 Å². The molecule has 2 aromatic heterocycles. The maximum atomic E-state index is 5.96. The van der Waals surface area contributed by atoms with Crippen molar-refractivity contribution in [3.63, 3.8) is 0 Å². The number of thiazole rings is 1. The Balaban J connectivity index is 0.00000192. The van der Waals surface area contributed by atoms with Crippen LogP contribution < -0.4 is 11.1 Å². The van der Waals surface area contributed by atoms with Crippen LogP contribution in [0.4, 0.5) is 5.69 Å². The van der Waals surface area contributed by atoms with Gasteiger partial charge in [0.05, 0.1) is 12.2 Å². The number of anilines is 1. The third-order valence-electron chi connectivity index (χ3n) is 3.38. The van der Waals surface area contributed by atoms with Gasteiger partial charge in [-0.15, -0.1) is 35.3 Å². The second kappa shape index (κ2) is 7.78. The summed E-state index contributed by atoms with van der Waals surface area (Å²) < 4.78 is 1.99. The van der Waals surface area contributed by atoms with Crippen LogP contribution in [0.3, 0.4) is 0 Å². The summed E-state index contributed by atoms with van der Waals surface area (Å²) in [7, 11) is 0. The summed E-state index contributed by atoms with van der Waals surface area (Å²) in [6.45, 7) is 4.80. The number of benzene rings is 1. The number of nitrogens with one attached hydrogen (secondary N) is 1. The van der Waals surface area contributed by atoms with E-state index in [1.54, 1.807) is 11.3 Å². The summed E-state index contributed by atoms with van der Waals surface area (Å²) >= 11 is 1.61. The molecule has 1 aromatic carbocycles. The standard InChI is InChI=1S/C16H19N5S.HI/c1-11(2)12-4-3-5-13(8-12)19-15(17)18-9-14-10-21-6-7-22-16(21)20-14;/h3-8,10-11H,9H2,1-2H3,(H3,17,18,19);1H. The van der Waals surface area contributed by atoms with Crippen molar-refractivity contribution in [1.82, 2.24) is 9.38 Å². The van der Waals surface area contributed by atoms with Gasteiger partial charge in [-0.1, -0.05) is 26.0 Å². The molecule has 0 atom stereocenters. The highest BCUT2D eigenvalue weighted by atomic mass is 127. The van der Waals surface area contributed by atoms with E-state index in [4.69, 9.17) is 5.73 Å². The Hall–Kier alpha value is -1.61. The predicted octanol–water partition coefficient (Wildman–Crippen LogP) is 4.06. The average Bonchev–Trinajstić information content (AvgIpc) is 3.06. The molecule has 0 spiro atoms. The van der Waals surface area contributed by atoms with Gasteiger partial charge in [-0.2, -0.15) is 0 Å². The van der Waals surface area contributed by atoms with E-state index in [-0.39, 0.29) is 24.0 Å². The van der Waals surface area contributed by atoms with Gasteiger partial charge in [-0.3, -0.25) is 4.40 Å². The quantitative estimate of drug-likeness (QED) is 0.365. The first-order chi connectivity index (χ1) is 10.6. The number of aromatic nitrogens is 2. The molecule has 3 N–H and O–H groups in total. The van der Waals surface area contributed by atoms with Gasteiger partial charge in [0, 0.05) is 23.5 Å². The molecule has 0 saturated heterocycles. The first-order valence-corrected chi connectivity index (χ1v) is 8.08. The Morgan fingerprint density at radius 1 is 1.43 bits per heavy atom. The van der Waals surface area contributed by atoms with Gasteiger partial charge in [0.1, 0.15) is 0 Å². The van der Waals surface area contributed by atoms with E-state index in [2.05, 4.69) is 41.3 Å². The van der Waals surface area contributed by atoms with Gasteiger partial charge >= 0.3 is 0 Å². The van der Waals surface area contributed by atoms with E-state index in [1.807, 2.05) is 34.3 Å². The molecular formula is C16H20IN5S. The fraction of sp³-hybridized carbons (Fsp3) is 0.250. The van der Waals surface area contributed by atoms with Crippen LogP contribution in [-0.4, -0.2) is 15.3 Å². The Labute approximate surface area is 156 Å². The lowest BCUT2D eigenvalue weighted by molar-refractivity contribution is 0.867. The van der Waals surface area contributed by atoms with Crippen molar-refractivity contribution in [2.45, 2.75) is 26.3 Å². The smallest absolute Gasteiger partial charge is 0.193 e. The van der Waals surface area contributed by atoms with Crippen LogP contribution in [0.25, 0.3) is 4.96 Å². The van der Waals surface area contributed by atoms with Crippen molar-refractivity contribution in [3.05, 3.63) is 53.3 Å². The lowest BCUT2D eigenvalue weighted by atomic mass is 10.0. The first-order valence-electron chi connectivity index (χ1n) is 7.20. The molecule has 5 nitrogen and oxygen atoms in total. The molecule has 3 rings (SSSR count). The highest BCUT2D eigenvalue weighted by molar-refractivity contribution is 14.0. The Bertz CT molecular complexity index is 777. The van der Waals surface area contributed by atoms with Crippen molar-refractivity contribution in [2.24, 2.45) is 10.7 Å². The second-order valence-corrected chi connectivity index (χ2v) is 6.30. The van der Waals surface area contributed by atoms with Gasteiger partial charge < -0.3 is 11.1 Å². The molecule has 0 amide bonds. The molecule has 122 valence electrons. The zero-order chi connectivity index (χ0) is 15.5. The predicted molar refractivity (Wildman–Crippen MR) is 108 cm³/mol. The lowest BCUT2D eigenvalue weighted by Gasteiger charge is -2.09. The van der Waals surface area contributed by atoms with E-state index in [1.165, 1.54) is 5.56 Å². The van der Waals surface area contributed by atoms with Gasteiger partial charge in [0.25, 0.3) is 0 Å². The molecule has 0 fully saturated rings. The molecule has 3 aromatic rings. The van der Waals surface area contributed by atoms with Crippen LogP contribution in [0.2, 0.25) is 0 Å².